The zero-order chi connectivity index (χ0) is 20.2. The van der Waals surface area contributed by atoms with Crippen LogP contribution in [0.3, 0.4) is 0 Å². The first-order chi connectivity index (χ1) is 11.0. The monoisotopic (exact) mass is 379 g/mol. The van der Waals surface area contributed by atoms with Crippen LogP contribution in [0, 0.1) is 0 Å². The number of rotatable bonds is 5. The summed E-state index contributed by atoms with van der Waals surface area (Å²) in [5.74, 6) is -8.84. The van der Waals surface area contributed by atoms with Crippen molar-refractivity contribution in [2.75, 3.05) is 6.61 Å². The molecule has 0 saturated carbocycles. The van der Waals surface area contributed by atoms with Crippen molar-refractivity contribution >= 4 is 35.8 Å². The van der Waals surface area contributed by atoms with Gasteiger partial charge >= 0.3 is 0 Å². The van der Waals surface area contributed by atoms with E-state index in [1.54, 1.807) is 0 Å². The van der Waals surface area contributed by atoms with E-state index in [-0.39, 0.29) is 0 Å². The minimum Gasteiger partial charge on any atom is -0.392 e. The van der Waals surface area contributed by atoms with Crippen LogP contribution in [0.4, 0.5) is 0 Å². The Hall–Kier alpha value is -1.21. The number of carbonyl (C=O) groups excluding carboxylic acids is 4. The molecule has 5 atom stereocenters. The third kappa shape index (κ3) is 2.14. The molecule has 0 aromatic carbocycles. The second-order valence-electron chi connectivity index (χ2n) is 6.14. The van der Waals surface area contributed by atoms with Gasteiger partial charge in [-0.15, -0.1) is 12.6 Å². The van der Waals surface area contributed by atoms with Crippen LogP contribution in [-0.2, 0) is 23.9 Å². The fraction of sp³-hybridized carbons (Fsp3) is 0.714. The summed E-state index contributed by atoms with van der Waals surface area (Å²) in [6.45, 7) is 1.50. The summed E-state index contributed by atoms with van der Waals surface area (Å²) in [5, 5.41) is 42.3. The highest BCUT2D eigenvalue weighted by Crippen LogP contribution is 2.54. The number of carbonyl (C=O) groups is 4. The summed E-state index contributed by atoms with van der Waals surface area (Å²) >= 11 is 3.80. The van der Waals surface area contributed by atoms with E-state index in [4.69, 9.17) is 10.5 Å². The van der Waals surface area contributed by atoms with Crippen molar-refractivity contribution < 1.29 is 44.3 Å². The molecule has 0 aromatic heterocycles. The normalized spacial score (nSPS) is 44.2. The lowest BCUT2D eigenvalue weighted by Gasteiger charge is -2.63. The van der Waals surface area contributed by atoms with Crippen molar-refractivity contribution in [1.82, 2.24) is 0 Å². The Morgan fingerprint density at radius 1 is 0.880 bits per heavy atom. The van der Waals surface area contributed by atoms with Gasteiger partial charge in [0, 0.05) is 6.92 Å². The number of hydrogen-bond acceptors (Lipinski definition) is 11. The van der Waals surface area contributed by atoms with E-state index < -0.39 is 57.2 Å². The third-order valence-corrected chi connectivity index (χ3v) is 5.33. The number of Topliss-reactive ketones (excluding diaryl/α,β-unsaturated/α-hetero) is 4. The van der Waals surface area contributed by atoms with Crippen molar-refractivity contribution in [3.8, 4) is 0 Å². The summed E-state index contributed by atoms with van der Waals surface area (Å²) in [6, 6.07) is 0. The van der Waals surface area contributed by atoms with E-state index >= 15 is 0 Å². The van der Waals surface area contributed by atoms with Crippen LogP contribution in [0.15, 0.2) is 0 Å². The van der Waals surface area contributed by atoms with E-state index in [0.717, 1.165) is 20.8 Å². The average molecular weight is 379 g/mol. The molecule has 1 saturated heterocycles. The summed E-state index contributed by atoms with van der Waals surface area (Å²) in [6.07, 6.45) is 0. The third-order valence-electron chi connectivity index (χ3n) is 4.78. The molecule has 6 N–H and O–H groups in total. The molecule has 1 aliphatic rings. The summed E-state index contributed by atoms with van der Waals surface area (Å²) in [4.78, 5) is 45.9. The molecule has 1 fully saturated rings. The van der Waals surface area contributed by atoms with Gasteiger partial charge in [0.05, 0.1) is 6.61 Å². The Balaban J connectivity index is 4.19. The van der Waals surface area contributed by atoms with Crippen LogP contribution >= 0.6 is 12.6 Å². The Kier molecular flexibility index (Phi) is 5.16. The van der Waals surface area contributed by atoms with Crippen molar-refractivity contribution in [2.24, 2.45) is 5.73 Å². The molecule has 1 unspecified atom stereocenters. The minimum absolute atomic E-state index is 0.676. The Bertz CT molecular complexity index is 669. The number of thiol groups is 1. The SMILES string of the molecule is CC(=O)C1(O)O[C@@](S)(CO)[C@](O)(C(C)=O)[C@@](O)(C(C)=O)[C@@]1(N)C(C)=O. The predicted octanol–water partition coefficient (Wildman–Crippen LogP) is -3.16. The van der Waals surface area contributed by atoms with Gasteiger partial charge < -0.3 is 30.9 Å². The fourth-order valence-electron chi connectivity index (χ4n) is 3.26. The van der Waals surface area contributed by atoms with E-state index in [1.807, 2.05) is 0 Å². The van der Waals surface area contributed by atoms with Gasteiger partial charge in [0.1, 0.15) is 0 Å². The quantitative estimate of drug-likeness (QED) is 0.266. The Morgan fingerprint density at radius 3 is 1.52 bits per heavy atom. The van der Waals surface area contributed by atoms with Gasteiger partial charge in [-0.1, -0.05) is 0 Å². The lowest BCUT2D eigenvalue weighted by Crippen LogP contribution is -2.95. The first kappa shape index (κ1) is 21.8. The maximum absolute atomic E-state index is 12.3. The lowest BCUT2D eigenvalue weighted by molar-refractivity contribution is -0.362. The molecule has 0 radical (unpaired) electrons. The predicted molar refractivity (Wildman–Crippen MR) is 84.4 cm³/mol. The largest absolute Gasteiger partial charge is 0.392 e. The van der Waals surface area contributed by atoms with Gasteiger partial charge in [0.15, 0.2) is 39.2 Å². The van der Waals surface area contributed by atoms with Gasteiger partial charge in [0.2, 0.25) is 5.60 Å². The maximum atomic E-state index is 12.3. The van der Waals surface area contributed by atoms with Crippen molar-refractivity contribution in [3.05, 3.63) is 0 Å². The van der Waals surface area contributed by atoms with Gasteiger partial charge in [0.25, 0.3) is 5.79 Å². The molecule has 1 rings (SSSR count). The summed E-state index contributed by atoms with van der Waals surface area (Å²) in [5.41, 5.74) is -4.41. The molecular weight excluding hydrogens is 358 g/mol. The van der Waals surface area contributed by atoms with Gasteiger partial charge in [-0.3, -0.25) is 19.2 Å². The molecule has 1 heterocycles. The van der Waals surface area contributed by atoms with Crippen molar-refractivity contribution in [3.63, 3.8) is 0 Å². The molecular formula is C14H21NO9S. The van der Waals surface area contributed by atoms with Gasteiger partial charge in [-0.05, 0) is 20.8 Å². The standard InChI is InChI=1S/C14H21NO9S/c1-6(17)11(15)13(22,8(3)19)12(21,7(2)18)10(25,5-16)24-14(11,23)9(4)20/h16,21-23,25H,5,15H2,1-4H3/t10-,11+,12-,13-,14?/m1/s1. The molecule has 0 spiro atoms. The Morgan fingerprint density at radius 2 is 1.28 bits per heavy atom. The van der Waals surface area contributed by atoms with Crippen molar-refractivity contribution in [1.29, 1.82) is 0 Å². The highest BCUT2D eigenvalue weighted by molar-refractivity contribution is 7.81. The number of nitrogens with two attached hydrogens (primary N) is 1. The molecule has 0 aliphatic carbocycles. The van der Waals surface area contributed by atoms with E-state index in [1.165, 1.54) is 0 Å². The number of aliphatic hydroxyl groups is 4. The highest BCUT2D eigenvalue weighted by atomic mass is 32.1. The molecule has 1 aliphatic heterocycles. The topological polar surface area (TPSA) is 184 Å². The van der Waals surface area contributed by atoms with Crippen LogP contribution in [0.25, 0.3) is 0 Å². The van der Waals surface area contributed by atoms with Crippen LogP contribution in [-0.4, -0.2) is 77.6 Å². The number of ether oxygens (including phenoxy) is 1. The molecule has 25 heavy (non-hydrogen) atoms. The minimum atomic E-state index is -3.55. The van der Waals surface area contributed by atoms with E-state index in [2.05, 4.69) is 12.6 Å². The van der Waals surface area contributed by atoms with Gasteiger partial charge in [-0.25, -0.2) is 0 Å². The van der Waals surface area contributed by atoms with Gasteiger partial charge in [-0.2, -0.15) is 0 Å². The number of hydrogen-bond donors (Lipinski definition) is 6. The summed E-state index contributed by atoms with van der Waals surface area (Å²) in [7, 11) is 0. The highest BCUT2D eigenvalue weighted by Gasteiger charge is 2.85. The maximum Gasteiger partial charge on any atom is 0.257 e. The fourth-order valence-corrected chi connectivity index (χ4v) is 3.72. The molecule has 10 nitrogen and oxygen atoms in total. The molecule has 0 amide bonds. The second-order valence-corrected chi connectivity index (χ2v) is 6.86. The first-order valence-electron chi connectivity index (χ1n) is 7.08. The van der Waals surface area contributed by atoms with Crippen molar-refractivity contribution in [2.45, 2.75) is 55.2 Å². The van der Waals surface area contributed by atoms with E-state index in [9.17, 15) is 39.6 Å². The lowest BCUT2D eigenvalue weighted by atomic mass is 9.56. The molecule has 142 valence electrons. The smallest absolute Gasteiger partial charge is 0.257 e. The van der Waals surface area contributed by atoms with Crippen LogP contribution in [0.1, 0.15) is 27.7 Å². The molecule has 0 aromatic rings. The molecule has 0 bridgehead atoms. The van der Waals surface area contributed by atoms with Crippen LogP contribution < -0.4 is 5.73 Å². The number of aliphatic hydroxyl groups excluding tert-OH is 1. The van der Waals surface area contributed by atoms with Crippen LogP contribution in [0.5, 0.6) is 0 Å². The van der Waals surface area contributed by atoms with Crippen LogP contribution in [0.2, 0.25) is 0 Å². The molecule has 11 heteroatoms. The Labute approximate surface area is 148 Å². The number of ketones is 4. The zero-order valence-corrected chi connectivity index (χ0v) is 15.0. The second kappa shape index (κ2) is 5.91. The van der Waals surface area contributed by atoms with E-state index in [0.29, 0.717) is 6.92 Å². The average Bonchev–Trinajstić information content (AvgIpc) is 2.49. The zero-order valence-electron chi connectivity index (χ0n) is 14.1. The summed E-state index contributed by atoms with van der Waals surface area (Å²) < 4.78 is 4.96. The first-order valence-corrected chi connectivity index (χ1v) is 7.52.